The van der Waals surface area contributed by atoms with Crippen molar-refractivity contribution in [3.05, 3.63) is 16.4 Å². The highest BCUT2D eigenvalue weighted by atomic mass is 79.9. The van der Waals surface area contributed by atoms with Crippen molar-refractivity contribution in [1.82, 2.24) is 4.98 Å². The van der Waals surface area contributed by atoms with Crippen molar-refractivity contribution in [2.24, 2.45) is 5.14 Å². The zero-order valence-corrected chi connectivity index (χ0v) is 10.6. The highest BCUT2D eigenvalue weighted by Gasteiger charge is 2.35. The van der Waals surface area contributed by atoms with Gasteiger partial charge in [-0.05, 0) is 28.4 Å². The van der Waals surface area contributed by atoms with E-state index in [1.165, 1.54) is 6.92 Å². The van der Waals surface area contributed by atoms with E-state index in [1.807, 2.05) is 0 Å². The molecule has 0 spiro atoms. The summed E-state index contributed by atoms with van der Waals surface area (Å²) in [5.74, 6) is -0.972. The molecule has 5 nitrogen and oxygen atoms in total. The molecule has 1 aromatic rings. The van der Waals surface area contributed by atoms with Crippen molar-refractivity contribution in [3.63, 3.8) is 0 Å². The number of hydrogen-bond acceptors (Lipinski definition) is 4. The first kappa shape index (κ1) is 14.2. The third-order valence-electron chi connectivity index (χ3n) is 1.63. The van der Waals surface area contributed by atoms with Gasteiger partial charge in [-0.15, -0.1) is 13.2 Å². The lowest BCUT2D eigenvalue weighted by atomic mass is 10.3. The van der Waals surface area contributed by atoms with Crippen LogP contribution in [0.4, 0.5) is 13.2 Å². The third kappa shape index (κ3) is 3.54. The number of aromatic nitrogens is 1. The first-order valence-electron chi connectivity index (χ1n) is 3.96. The molecule has 0 saturated carbocycles. The Bertz CT molecular complexity index is 544. The number of sulfonamides is 1. The number of primary sulfonamides is 1. The van der Waals surface area contributed by atoms with E-state index in [9.17, 15) is 21.6 Å². The van der Waals surface area contributed by atoms with E-state index in [1.54, 1.807) is 0 Å². The lowest BCUT2D eigenvalue weighted by molar-refractivity contribution is -0.276. The van der Waals surface area contributed by atoms with Gasteiger partial charge >= 0.3 is 6.36 Å². The predicted molar refractivity (Wildman–Crippen MR) is 54.7 cm³/mol. The second kappa shape index (κ2) is 4.42. The van der Waals surface area contributed by atoms with Crippen LogP contribution in [-0.4, -0.2) is 19.8 Å². The molecule has 1 rings (SSSR count). The largest absolute Gasteiger partial charge is 0.573 e. The molecule has 0 unspecified atom stereocenters. The Hall–Kier alpha value is -0.870. The molecule has 0 saturated heterocycles. The van der Waals surface area contributed by atoms with E-state index < -0.39 is 31.6 Å². The minimum Gasteiger partial charge on any atom is -0.401 e. The van der Waals surface area contributed by atoms with Crippen molar-refractivity contribution >= 4 is 26.0 Å². The number of aryl methyl sites for hydroxylation is 1. The molecule has 17 heavy (non-hydrogen) atoms. The fourth-order valence-electron chi connectivity index (χ4n) is 1.10. The van der Waals surface area contributed by atoms with Crippen LogP contribution < -0.4 is 9.88 Å². The molecule has 10 heteroatoms. The van der Waals surface area contributed by atoms with Gasteiger partial charge in [0.25, 0.3) is 0 Å². The summed E-state index contributed by atoms with van der Waals surface area (Å²) in [5.41, 5.74) is -0.0463. The van der Waals surface area contributed by atoms with Crippen molar-refractivity contribution < 1.29 is 26.3 Å². The molecule has 0 atom stereocenters. The molecule has 2 N–H and O–H groups in total. The normalized spacial score (nSPS) is 12.6. The maximum absolute atomic E-state index is 12.1. The lowest BCUT2D eigenvalue weighted by Crippen LogP contribution is -2.22. The number of halogens is 4. The highest BCUT2D eigenvalue weighted by molar-refractivity contribution is 9.10. The van der Waals surface area contributed by atoms with Gasteiger partial charge in [-0.25, -0.2) is 18.5 Å². The molecule has 0 fully saturated rings. The quantitative estimate of drug-likeness (QED) is 0.834. The Morgan fingerprint density at radius 1 is 1.47 bits per heavy atom. The molecule has 96 valence electrons. The number of alkyl halides is 3. The number of rotatable bonds is 2. The first-order valence-corrected chi connectivity index (χ1v) is 6.30. The Morgan fingerprint density at radius 3 is 2.41 bits per heavy atom. The minimum atomic E-state index is -5.04. The molecule has 0 bridgehead atoms. The van der Waals surface area contributed by atoms with Crippen LogP contribution in [0.2, 0.25) is 0 Å². The van der Waals surface area contributed by atoms with Gasteiger partial charge in [-0.1, -0.05) is 0 Å². The number of nitrogens with two attached hydrogens (primary N) is 1. The molecule has 1 heterocycles. The second-order valence-electron chi connectivity index (χ2n) is 2.98. The lowest BCUT2D eigenvalue weighted by Gasteiger charge is -2.14. The number of nitrogens with zero attached hydrogens (tertiary/aromatic N) is 1. The summed E-state index contributed by atoms with van der Waals surface area (Å²) in [5, 5.41) is 4.82. The zero-order valence-electron chi connectivity index (χ0n) is 8.25. The first-order chi connectivity index (χ1) is 7.52. The van der Waals surface area contributed by atoms with Crippen LogP contribution >= 0.6 is 15.9 Å². The molecule has 0 amide bonds. The number of hydrogen-bond donors (Lipinski definition) is 1. The molecule has 1 aromatic heterocycles. The van der Waals surface area contributed by atoms with E-state index >= 15 is 0 Å². The topological polar surface area (TPSA) is 82.3 Å². The summed E-state index contributed by atoms with van der Waals surface area (Å²) in [6.07, 6.45) is -3.98. The van der Waals surface area contributed by atoms with Crippen molar-refractivity contribution in [2.45, 2.75) is 18.2 Å². The van der Waals surface area contributed by atoms with Crippen LogP contribution in [0.1, 0.15) is 5.56 Å². The number of ether oxygens (including phenoxy) is 1. The van der Waals surface area contributed by atoms with E-state index in [4.69, 9.17) is 5.14 Å². The standard InChI is InChI=1S/C7H6BrF3N2O3S/c1-3-2-13-6(8)4(16-7(9,10)11)5(3)17(12,14)15/h2H,1H3,(H2,12,14,15). The van der Waals surface area contributed by atoms with E-state index in [0.717, 1.165) is 6.20 Å². The van der Waals surface area contributed by atoms with Crippen molar-refractivity contribution in [1.29, 1.82) is 0 Å². The Morgan fingerprint density at radius 2 is 2.00 bits per heavy atom. The Balaban J connectivity index is 3.52. The third-order valence-corrected chi connectivity index (χ3v) is 3.27. The van der Waals surface area contributed by atoms with Crippen LogP contribution in [0.25, 0.3) is 0 Å². The smallest absolute Gasteiger partial charge is 0.401 e. The summed E-state index contributed by atoms with van der Waals surface area (Å²) in [4.78, 5) is 2.76. The van der Waals surface area contributed by atoms with Crippen LogP contribution in [0.3, 0.4) is 0 Å². The van der Waals surface area contributed by atoms with Crippen LogP contribution in [-0.2, 0) is 10.0 Å². The van der Waals surface area contributed by atoms with Crippen LogP contribution in [0.15, 0.2) is 15.7 Å². The average molecular weight is 335 g/mol. The average Bonchev–Trinajstić information content (AvgIpc) is 2.06. The fourth-order valence-corrected chi connectivity index (χ4v) is 2.51. The van der Waals surface area contributed by atoms with Gasteiger partial charge in [0, 0.05) is 6.20 Å². The molecule has 0 aliphatic rings. The monoisotopic (exact) mass is 334 g/mol. The van der Waals surface area contributed by atoms with Gasteiger partial charge in [0.1, 0.15) is 9.50 Å². The molecular weight excluding hydrogens is 329 g/mol. The summed E-state index contributed by atoms with van der Waals surface area (Å²) in [6, 6.07) is 0. The van der Waals surface area contributed by atoms with Gasteiger partial charge in [0.2, 0.25) is 10.0 Å². The Labute approximate surface area is 103 Å². The second-order valence-corrected chi connectivity index (χ2v) is 5.23. The summed E-state index contributed by atoms with van der Waals surface area (Å²) >= 11 is 2.67. The van der Waals surface area contributed by atoms with Gasteiger partial charge in [0.05, 0.1) is 0 Å². The van der Waals surface area contributed by atoms with Gasteiger partial charge in [-0.2, -0.15) is 0 Å². The van der Waals surface area contributed by atoms with Gasteiger partial charge < -0.3 is 4.74 Å². The van der Waals surface area contributed by atoms with E-state index in [2.05, 4.69) is 25.7 Å². The molecular formula is C7H6BrF3N2O3S. The highest BCUT2D eigenvalue weighted by Crippen LogP contribution is 2.36. The maximum Gasteiger partial charge on any atom is 0.573 e. The zero-order chi connectivity index (χ0) is 13.4. The van der Waals surface area contributed by atoms with Crippen molar-refractivity contribution in [2.75, 3.05) is 0 Å². The van der Waals surface area contributed by atoms with Crippen molar-refractivity contribution in [3.8, 4) is 5.75 Å². The molecule has 0 aliphatic heterocycles. The predicted octanol–water partition coefficient (Wildman–Crippen LogP) is 1.70. The molecule has 0 aliphatic carbocycles. The number of pyridine rings is 1. The fraction of sp³-hybridized carbons (Fsp3) is 0.286. The van der Waals surface area contributed by atoms with Crippen LogP contribution in [0.5, 0.6) is 5.75 Å². The van der Waals surface area contributed by atoms with Gasteiger partial charge in [0.15, 0.2) is 5.75 Å². The Kier molecular flexibility index (Phi) is 3.69. The summed E-state index contributed by atoms with van der Waals surface area (Å²) < 4.78 is 61.9. The molecule has 0 radical (unpaired) electrons. The van der Waals surface area contributed by atoms with E-state index in [0.29, 0.717) is 0 Å². The molecule has 0 aromatic carbocycles. The summed E-state index contributed by atoms with van der Waals surface area (Å²) in [6.45, 7) is 1.25. The summed E-state index contributed by atoms with van der Waals surface area (Å²) in [7, 11) is -4.35. The van der Waals surface area contributed by atoms with E-state index in [-0.39, 0.29) is 5.56 Å². The maximum atomic E-state index is 12.1. The SMILES string of the molecule is Cc1cnc(Br)c(OC(F)(F)F)c1S(N)(=O)=O. The van der Waals surface area contributed by atoms with Gasteiger partial charge in [-0.3, -0.25) is 0 Å². The van der Waals surface area contributed by atoms with Crippen LogP contribution in [0, 0.1) is 6.92 Å². The minimum absolute atomic E-state index is 0.0463.